The van der Waals surface area contributed by atoms with Crippen LogP contribution in [0.5, 0.6) is 0 Å². The van der Waals surface area contributed by atoms with Crippen LogP contribution in [0.15, 0.2) is 134 Å². The van der Waals surface area contributed by atoms with Gasteiger partial charge in [-0.2, -0.15) is 4.57 Å². The first-order valence-corrected chi connectivity index (χ1v) is 13.8. The molecule has 0 amide bonds. The van der Waals surface area contributed by atoms with Crippen LogP contribution >= 0.6 is 0 Å². The molecule has 0 unspecified atom stereocenters. The molecule has 1 aliphatic rings. The predicted octanol–water partition coefficient (Wildman–Crippen LogP) is 7.48. The molecule has 4 aromatic carbocycles. The van der Waals surface area contributed by atoms with Gasteiger partial charge in [-0.15, -0.1) is 0 Å². The van der Waals surface area contributed by atoms with E-state index in [1.54, 1.807) is 0 Å². The van der Waals surface area contributed by atoms with Gasteiger partial charge in [-0.3, -0.25) is 0 Å². The first kappa shape index (κ1) is 23.5. The lowest BCUT2D eigenvalue weighted by molar-refractivity contribution is -0.688. The van der Waals surface area contributed by atoms with Crippen molar-refractivity contribution in [2.45, 2.75) is 32.4 Å². The largest absolute Gasteiger partial charge is 0.213 e. The molecule has 39 heavy (non-hydrogen) atoms. The SMILES string of the molecule is CC1(C)c2cc(-c3cc[n+](Cc4ccccc4)cc3)ccc2-c2c1c[n+](Cc1ccccc1)c1ccccc21. The molecule has 0 aliphatic heterocycles. The Bertz CT molecular complexity index is 1800. The van der Waals surface area contributed by atoms with Gasteiger partial charge in [-0.25, -0.2) is 4.57 Å². The molecule has 0 saturated heterocycles. The van der Waals surface area contributed by atoms with Crippen LogP contribution in [0, 0.1) is 0 Å². The zero-order valence-corrected chi connectivity index (χ0v) is 22.5. The van der Waals surface area contributed by atoms with Gasteiger partial charge in [0.2, 0.25) is 5.52 Å². The van der Waals surface area contributed by atoms with Gasteiger partial charge in [-0.05, 0) is 34.4 Å². The van der Waals surface area contributed by atoms with E-state index in [-0.39, 0.29) is 5.41 Å². The van der Waals surface area contributed by atoms with Gasteiger partial charge >= 0.3 is 0 Å². The molecule has 2 nitrogen and oxygen atoms in total. The normalized spacial score (nSPS) is 13.3. The predicted molar refractivity (Wildman–Crippen MR) is 158 cm³/mol. The lowest BCUT2D eigenvalue weighted by atomic mass is 9.82. The van der Waals surface area contributed by atoms with Crippen molar-refractivity contribution in [3.8, 4) is 22.3 Å². The van der Waals surface area contributed by atoms with E-state index < -0.39 is 0 Å². The summed E-state index contributed by atoms with van der Waals surface area (Å²) < 4.78 is 4.67. The van der Waals surface area contributed by atoms with E-state index in [4.69, 9.17) is 0 Å². The third kappa shape index (κ3) is 4.13. The number of fused-ring (bicyclic) bond motifs is 5. The fraction of sp³-hybridized carbons (Fsp3) is 0.135. The highest BCUT2D eigenvalue weighted by molar-refractivity contribution is 5.99. The van der Waals surface area contributed by atoms with Crippen LogP contribution in [0.3, 0.4) is 0 Å². The topological polar surface area (TPSA) is 7.76 Å². The maximum absolute atomic E-state index is 2.43. The molecule has 0 N–H and O–H groups in total. The third-order valence-electron chi connectivity index (χ3n) is 8.30. The van der Waals surface area contributed by atoms with Crippen molar-refractivity contribution in [2.24, 2.45) is 0 Å². The molecule has 0 fully saturated rings. The average Bonchev–Trinajstić information content (AvgIpc) is 3.20. The van der Waals surface area contributed by atoms with Crippen LogP contribution in [-0.4, -0.2) is 0 Å². The van der Waals surface area contributed by atoms with Crippen molar-refractivity contribution in [1.82, 2.24) is 0 Å². The van der Waals surface area contributed by atoms with Crippen LogP contribution in [0.2, 0.25) is 0 Å². The second-order valence-electron chi connectivity index (χ2n) is 11.2. The Balaban J connectivity index is 1.29. The first-order valence-electron chi connectivity index (χ1n) is 13.8. The smallest absolute Gasteiger partial charge is 0.201 e. The van der Waals surface area contributed by atoms with Gasteiger partial charge in [0.1, 0.15) is 0 Å². The molecular weight excluding hydrogens is 472 g/mol. The number of rotatable bonds is 5. The zero-order valence-electron chi connectivity index (χ0n) is 22.5. The Hall–Kier alpha value is -4.56. The first-order chi connectivity index (χ1) is 19.1. The number of benzene rings is 4. The second-order valence-corrected chi connectivity index (χ2v) is 11.2. The van der Waals surface area contributed by atoms with E-state index in [1.165, 1.54) is 55.4 Å². The van der Waals surface area contributed by atoms with Gasteiger partial charge in [0.25, 0.3) is 0 Å². The van der Waals surface area contributed by atoms with Crippen molar-refractivity contribution in [1.29, 1.82) is 0 Å². The summed E-state index contributed by atoms with van der Waals surface area (Å²) in [5, 5.41) is 1.33. The third-order valence-corrected chi connectivity index (χ3v) is 8.30. The van der Waals surface area contributed by atoms with Gasteiger partial charge < -0.3 is 0 Å². The number of hydrogen-bond acceptors (Lipinski definition) is 0. The van der Waals surface area contributed by atoms with Crippen LogP contribution < -0.4 is 9.13 Å². The quantitative estimate of drug-likeness (QED) is 0.215. The summed E-state index contributed by atoms with van der Waals surface area (Å²) in [6.07, 6.45) is 6.78. The molecule has 2 heterocycles. The van der Waals surface area contributed by atoms with E-state index in [1.807, 2.05) is 0 Å². The van der Waals surface area contributed by atoms with E-state index in [0.29, 0.717) is 0 Å². The zero-order chi connectivity index (χ0) is 26.4. The Morgan fingerprint density at radius 2 is 1.23 bits per heavy atom. The highest BCUT2D eigenvalue weighted by Crippen LogP contribution is 2.51. The van der Waals surface area contributed by atoms with E-state index in [9.17, 15) is 0 Å². The molecule has 188 valence electrons. The molecular formula is C37H32N2+2. The summed E-state index contributed by atoms with van der Waals surface area (Å²) in [5.74, 6) is 0. The molecule has 1 aliphatic carbocycles. The fourth-order valence-electron chi connectivity index (χ4n) is 6.20. The summed E-state index contributed by atoms with van der Waals surface area (Å²) in [7, 11) is 0. The standard InChI is InChI=1S/C37H32N2/c1-37(2)33-23-30(29-19-21-38(22-20-29)24-27-11-5-3-6-12-27)17-18-31(33)36-32-15-9-10-16-35(32)39(26-34(36)37)25-28-13-7-4-8-14-28/h3-23,26H,24-25H2,1-2H3/q+2. The molecule has 7 rings (SSSR count). The number of hydrogen-bond donors (Lipinski definition) is 0. The maximum Gasteiger partial charge on any atom is 0.213 e. The number of aromatic nitrogens is 2. The lowest BCUT2D eigenvalue weighted by Gasteiger charge is -2.21. The molecule has 2 aromatic heterocycles. The van der Waals surface area contributed by atoms with Crippen LogP contribution in [0.4, 0.5) is 0 Å². The summed E-state index contributed by atoms with van der Waals surface area (Å²) in [6, 6.07) is 41.8. The Labute approximate surface area is 230 Å². The van der Waals surface area contributed by atoms with Crippen LogP contribution in [0.25, 0.3) is 33.2 Å². The Morgan fingerprint density at radius 3 is 1.95 bits per heavy atom. The molecule has 6 aromatic rings. The van der Waals surface area contributed by atoms with Crippen molar-refractivity contribution < 1.29 is 9.13 Å². The van der Waals surface area contributed by atoms with E-state index in [0.717, 1.165) is 13.1 Å². The molecule has 2 heteroatoms. The minimum atomic E-state index is -0.0921. The minimum absolute atomic E-state index is 0.0921. The van der Waals surface area contributed by atoms with Crippen molar-refractivity contribution in [3.05, 3.63) is 156 Å². The maximum atomic E-state index is 2.43. The van der Waals surface area contributed by atoms with Gasteiger partial charge in [0.05, 0.1) is 5.39 Å². The van der Waals surface area contributed by atoms with E-state index in [2.05, 4.69) is 157 Å². The van der Waals surface area contributed by atoms with Gasteiger partial charge in [0, 0.05) is 45.9 Å². The highest BCUT2D eigenvalue weighted by atomic mass is 15.0. The van der Waals surface area contributed by atoms with Gasteiger partial charge in [0.15, 0.2) is 31.7 Å². The van der Waals surface area contributed by atoms with E-state index >= 15 is 0 Å². The lowest BCUT2D eigenvalue weighted by Crippen LogP contribution is -2.37. The summed E-state index contributed by atoms with van der Waals surface area (Å²) in [4.78, 5) is 0. The summed E-state index contributed by atoms with van der Waals surface area (Å²) in [6.45, 7) is 6.49. The van der Waals surface area contributed by atoms with Crippen molar-refractivity contribution >= 4 is 10.9 Å². The monoisotopic (exact) mass is 504 g/mol. The molecule has 0 bridgehead atoms. The second kappa shape index (κ2) is 9.32. The van der Waals surface area contributed by atoms with Crippen LogP contribution in [0.1, 0.15) is 36.1 Å². The summed E-state index contributed by atoms with van der Waals surface area (Å²) >= 11 is 0. The Morgan fingerprint density at radius 1 is 0.590 bits per heavy atom. The molecule has 0 spiro atoms. The number of pyridine rings is 2. The average molecular weight is 505 g/mol. The Kier molecular flexibility index (Phi) is 5.63. The number of para-hydroxylation sites is 1. The summed E-state index contributed by atoms with van der Waals surface area (Å²) in [5.41, 5.74) is 11.9. The highest BCUT2D eigenvalue weighted by Gasteiger charge is 2.40. The molecule has 0 atom stereocenters. The van der Waals surface area contributed by atoms with Crippen molar-refractivity contribution in [3.63, 3.8) is 0 Å². The van der Waals surface area contributed by atoms with Gasteiger partial charge in [-0.1, -0.05) is 98.8 Å². The molecule has 0 saturated carbocycles. The molecule has 0 radical (unpaired) electrons. The van der Waals surface area contributed by atoms with Crippen molar-refractivity contribution in [2.75, 3.05) is 0 Å². The van der Waals surface area contributed by atoms with Crippen LogP contribution in [-0.2, 0) is 18.5 Å². The number of nitrogens with zero attached hydrogens (tertiary/aromatic N) is 2. The fourth-order valence-corrected chi connectivity index (χ4v) is 6.20. The minimum Gasteiger partial charge on any atom is -0.201 e.